The van der Waals surface area contributed by atoms with Gasteiger partial charge < -0.3 is 11.1 Å². The monoisotopic (exact) mass is 196 g/mol. The lowest BCUT2D eigenvalue weighted by atomic mass is 10.4. The standard InChI is InChI=1S/C8H8N2S2/c9-8-3-7(5-12-8)10-6-1-2-11-4-6/h1-5,10H,9H2. The lowest BCUT2D eigenvalue weighted by Gasteiger charge is -1.97. The van der Waals surface area contributed by atoms with Gasteiger partial charge in [-0.15, -0.1) is 11.3 Å². The van der Waals surface area contributed by atoms with E-state index in [0.717, 1.165) is 16.4 Å². The van der Waals surface area contributed by atoms with E-state index in [2.05, 4.69) is 10.7 Å². The molecule has 2 aromatic heterocycles. The average Bonchev–Trinajstić information content (AvgIpc) is 2.63. The fourth-order valence-corrected chi connectivity index (χ4v) is 2.09. The van der Waals surface area contributed by atoms with E-state index in [-0.39, 0.29) is 0 Å². The maximum Gasteiger partial charge on any atom is 0.0877 e. The summed E-state index contributed by atoms with van der Waals surface area (Å²) >= 11 is 3.22. The molecular formula is C8H8N2S2. The minimum atomic E-state index is 0.840. The quantitative estimate of drug-likeness (QED) is 0.774. The third-order valence-electron chi connectivity index (χ3n) is 1.43. The van der Waals surface area contributed by atoms with Crippen LogP contribution in [0.1, 0.15) is 0 Å². The fraction of sp³-hybridized carbons (Fsp3) is 0. The van der Waals surface area contributed by atoms with Crippen molar-refractivity contribution in [3.63, 3.8) is 0 Å². The molecule has 0 fully saturated rings. The zero-order chi connectivity index (χ0) is 8.39. The molecule has 0 aromatic carbocycles. The Morgan fingerprint density at radius 3 is 2.75 bits per heavy atom. The van der Waals surface area contributed by atoms with Crippen molar-refractivity contribution in [3.05, 3.63) is 28.3 Å². The number of anilines is 3. The van der Waals surface area contributed by atoms with E-state index in [4.69, 9.17) is 5.73 Å². The van der Waals surface area contributed by atoms with E-state index >= 15 is 0 Å². The van der Waals surface area contributed by atoms with Crippen LogP contribution in [0.15, 0.2) is 28.3 Å². The van der Waals surface area contributed by atoms with Crippen molar-refractivity contribution < 1.29 is 0 Å². The Labute approximate surface area is 78.7 Å². The van der Waals surface area contributed by atoms with Crippen LogP contribution in [-0.4, -0.2) is 0 Å². The molecule has 3 N–H and O–H groups in total. The van der Waals surface area contributed by atoms with Crippen molar-refractivity contribution in [1.82, 2.24) is 0 Å². The van der Waals surface area contributed by atoms with Crippen molar-refractivity contribution >= 4 is 39.0 Å². The van der Waals surface area contributed by atoms with Gasteiger partial charge in [-0.25, -0.2) is 0 Å². The molecule has 2 rings (SSSR count). The Morgan fingerprint density at radius 1 is 1.25 bits per heavy atom. The first kappa shape index (κ1) is 7.64. The molecule has 62 valence electrons. The Bertz CT molecular complexity index is 351. The zero-order valence-electron chi connectivity index (χ0n) is 6.28. The molecule has 0 unspecified atom stereocenters. The van der Waals surface area contributed by atoms with Gasteiger partial charge >= 0.3 is 0 Å². The molecule has 0 bridgehead atoms. The predicted octanol–water partition coefficient (Wildman–Crippen LogP) is 3.14. The molecule has 12 heavy (non-hydrogen) atoms. The summed E-state index contributed by atoms with van der Waals surface area (Å²) in [5, 5.41) is 10.2. The minimum Gasteiger partial charge on any atom is -0.391 e. The van der Waals surface area contributed by atoms with Crippen molar-refractivity contribution in [1.29, 1.82) is 0 Å². The largest absolute Gasteiger partial charge is 0.391 e. The summed E-state index contributed by atoms with van der Waals surface area (Å²) in [5.41, 5.74) is 7.78. The van der Waals surface area contributed by atoms with Gasteiger partial charge in [-0.05, 0) is 17.5 Å². The van der Waals surface area contributed by atoms with Gasteiger partial charge in [-0.2, -0.15) is 11.3 Å². The summed E-state index contributed by atoms with van der Waals surface area (Å²) in [6, 6.07) is 3.97. The zero-order valence-corrected chi connectivity index (χ0v) is 7.91. The van der Waals surface area contributed by atoms with Crippen LogP contribution in [0.5, 0.6) is 0 Å². The van der Waals surface area contributed by atoms with E-state index in [9.17, 15) is 0 Å². The molecule has 2 nitrogen and oxygen atoms in total. The van der Waals surface area contributed by atoms with E-state index in [1.54, 1.807) is 22.7 Å². The van der Waals surface area contributed by atoms with Gasteiger partial charge in [0.25, 0.3) is 0 Å². The lowest BCUT2D eigenvalue weighted by molar-refractivity contribution is 1.66. The van der Waals surface area contributed by atoms with Gasteiger partial charge in [0.15, 0.2) is 0 Å². The van der Waals surface area contributed by atoms with E-state index in [0.29, 0.717) is 0 Å². The molecule has 0 spiro atoms. The maximum atomic E-state index is 5.59. The number of nitrogen functional groups attached to an aromatic ring is 1. The summed E-state index contributed by atoms with van der Waals surface area (Å²) < 4.78 is 0. The topological polar surface area (TPSA) is 38.0 Å². The maximum absolute atomic E-state index is 5.59. The predicted molar refractivity (Wildman–Crippen MR) is 56.3 cm³/mol. The second kappa shape index (κ2) is 3.16. The Hall–Kier alpha value is -1.00. The van der Waals surface area contributed by atoms with Crippen molar-refractivity contribution in [2.45, 2.75) is 0 Å². The molecule has 0 amide bonds. The van der Waals surface area contributed by atoms with Crippen LogP contribution in [0, 0.1) is 0 Å². The number of hydrogen-bond acceptors (Lipinski definition) is 4. The molecule has 0 aliphatic carbocycles. The molecule has 0 aliphatic rings. The number of rotatable bonds is 2. The summed E-state index contributed by atoms with van der Waals surface area (Å²) in [6.45, 7) is 0. The first-order valence-corrected chi connectivity index (χ1v) is 5.30. The summed E-state index contributed by atoms with van der Waals surface area (Å²) in [4.78, 5) is 0. The molecule has 0 saturated carbocycles. The van der Waals surface area contributed by atoms with Crippen molar-refractivity contribution in [2.24, 2.45) is 0 Å². The van der Waals surface area contributed by atoms with E-state index in [1.807, 2.05) is 22.9 Å². The Morgan fingerprint density at radius 2 is 2.17 bits per heavy atom. The number of thiophene rings is 2. The number of hydrogen-bond donors (Lipinski definition) is 2. The molecule has 0 radical (unpaired) electrons. The van der Waals surface area contributed by atoms with Gasteiger partial charge in [0.2, 0.25) is 0 Å². The molecule has 0 aliphatic heterocycles. The van der Waals surface area contributed by atoms with E-state index < -0.39 is 0 Å². The van der Waals surface area contributed by atoms with Crippen LogP contribution >= 0.6 is 22.7 Å². The first-order chi connectivity index (χ1) is 5.84. The highest BCUT2D eigenvalue weighted by Crippen LogP contribution is 2.25. The second-order valence-corrected chi connectivity index (χ2v) is 4.10. The smallest absolute Gasteiger partial charge is 0.0877 e. The van der Waals surface area contributed by atoms with Crippen LogP contribution < -0.4 is 11.1 Å². The van der Waals surface area contributed by atoms with Gasteiger partial charge in [0.1, 0.15) is 0 Å². The first-order valence-electron chi connectivity index (χ1n) is 3.48. The van der Waals surface area contributed by atoms with E-state index in [1.165, 1.54) is 0 Å². The van der Waals surface area contributed by atoms with Crippen LogP contribution in [0.25, 0.3) is 0 Å². The average molecular weight is 196 g/mol. The third-order valence-corrected chi connectivity index (χ3v) is 2.87. The number of nitrogens with two attached hydrogens (primary N) is 1. The highest BCUT2D eigenvalue weighted by Gasteiger charge is 1.96. The minimum absolute atomic E-state index is 0.840. The molecule has 2 heterocycles. The molecule has 2 aromatic rings. The van der Waals surface area contributed by atoms with Gasteiger partial charge in [-0.1, -0.05) is 0 Å². The number of nitrogens with one attached hydrogen (secondary N) is 1. The lowest BCUT2D eigenvalue weighted by Crippen LogP contribution is -1.84. The summed E-state index contributed by atoms with van der Waals surface area (Å²) in [6.07, 6.45) is 0. The van der Waals surface area contributed by atoms with Gasteiger partial charge in [-0.3, -0.25) is 0 Å². The van der Waals surface area contributed by atoms with Crippen LogP contribution in [0.4, 0.5) is 16.4 Å². The second-order valence-electron chi connectivity index (χ2n) is 2.37. The summed E-state index contributed by atoms with van der Waals surface area (Å²) in [7, 11) is 0. The van der Waals surface area contributed by atoms with Crippen molar-refractivity contribution in [2.75, 3.05) is 11.1 Å². The van der Waals surface area contributed by atoms with Crippen molar-refractivity contribution in [3.8, 4) is 0 Å². The van der Waals surface area contributed by atoms with Gasteiger partial charge in [0, 0.05) is 16.4 Å². The fourth-order valence-electron chi connectivity index (χ4n) is 0.921. The van der Waals surface area contributed by atoms with Gasteiger partial charge in [0.05, 0.1) is 10.7 Å². The Kier molecular flexibility index (Phi) is 2.01. The SMILES string of the molecule is Nc1cc(Nc2ccsc2)cs1. The summed E-state index contributed by atoms with van der Waals surface area (Å²) in [5.74, 6) is 0. The molecule has 4 heteroatoms. The highest BCUT2D eigenvalue weighted by molar-refractivity contribution is 7.14. The van der Waals surface area contributed by atoms with Crippen LogP contribution in [-0.2, 0) is 0 Å². The normalized spacial score (nSPS) is 10.0. The molecular weight excluding hydrogens is 188 g/mol. The molecule has 0 atom stereocenters. The van der Waals surface area contributed by atoms with Crippen LogP contribution in [0.2, 0.25) is 0 Å². The molecule has 0 saturated heterocycles. The third kappa shape index (κ3) is 1.60. The Balaban J connectivity index is 2.14. The van der Waals surface area contributed by atoms with Crippen LogP contribution in [0.3, 0.4) is 0 Å². The highest BCUT2D eigenvalue weighted by atomic mass is 32.1.